The van der Waals surface area contributed by atoms with Gasteiger partial charge in [0.25, 0.3) is 5.91 Å². The summed E-state index contributed by atoms with van der Waals surface area (Å²) in [5.41, 5.74) is 7.93. The van der Waals surface area contributed by atoms with Gasteiger partial charge in [-0.05, 0) is 18.2 Å². The molecule has 2 rings (SSSR count). The maximum absolute atomic E-state index is 13.1. The lowest BCUT2D eigenvalue weighted by molar-refractivity contribution is 0.0944. The Balaban J connectivity index is 2.02. The molecular weight excluding hydrogens is 271 g/mol. The van der Waals surface area contributed by atoms with Crippen molar-refractivity contribution in [3.8, 4) is 0 Å². The van der Waals surface area contributed by atoms with Crippen molar-refractivity contribution in [2.24, 2.45) is 5.84 Å². The van der Waals surface area contributed by atoms with Crippen LogP contribution in [0, 0.1) is 5.82 Å². The van der Waals surface area contributed by atoms with Crippen molar-refractivity contribution < 1.29 is 13.7 Å². The van der Waals surface area contributed by atoms with E-state index in [1.54, 1.807) is 6.07 Å². The third-order valence-corrected chi connectivity index (χ3v) is 3.20. The number of anilines is 1. The van der Waals surface area contributed by atoms with Gasteiger partial charge in [0.1, 0.15) is 11.6 Å². The zero-order valence-corrected chi connectivity index (χ0v) is 10.5. The van der Waals surface area contributed by atoms with E-state index >= 15 is 0 Å². The van der Waals surface area contributed by atoms with E-state index in [2.05, 4.69) is 5.16 Å². The molecule has 19 heavy (non-hydrogen) atoms. The van der Waals surface area contributed by atoms with Crippen LogP contribution >= 0.6 is 11.8 Å². The molecule has 8 heteroatoms. The number of thioether (sulfide) groups is 1. The summed E-state index contributed by atoms with van der Waals surface area (Å²) in [7, 11) is 0. The molecule has 1 aromatic heterocycles. The van der Waals surface area contributed by atoms with Gasteiger partial charge in [0.2, 0.25) is 0 Å². The summed E-state index contributed by atoms with van der Waals surface area (Å²) in [6, 6.07) is 5.72. The van der Waals surface area contributed by atoms with Crippen LogP contribution < -0.4 is 17.0 Å². The third kappa shape index (κ3) is 3.46. The second-order valence-electron chi connectivity index (χ2n) is 3.66. The highest BCUT2D eigenvalue weighted by Crippen LogP contribution is 2.25. The van der Waals surface area contributed by atoms with E-state index in [-0.39, 0.29) is 5.69 Å². The number of nitrogens with one attached hydrogen (secondary N) is 1. The van der Waals surface area contributed by atoms with Crippen LogP contribution in [0.15, 0.2) is 33.7 Å². The Bertz CT molecular complexity index is 582. The number of benzene rings is 1. The predicted molar refractivity (Wildman–Crippen MR) is 68.5 cm³/mol. The molecule has 0 radical (unpaired) electrons. The summed E-state index contributed by atoms with van der Waals surface area (Å²) in [4.78, 5) is 11.8. The van der Waals surface area contributed by atoms with Crippen molar-refractivity contribution in [1.29, 1.82) is 0 Å². The molecule has 0 atom stereocenters. The van der Waals surface area contributed by atoms with Gasteiger partial charge in [-0.15, -0.1) is 11.8 Å². The molecule has 0 aliphatic rings. The number of nitrogens with two attached hydrogens (primary N) is 2. The number of carbonyl (C=O) groups is 1. The summed E-state index contributed by atoms with van der Waals surface area (Å²) >= 11 is 1.32. The SMILES string of the molecule is NNC(=O)c1cc(CSc2cc(N)cc(F)c2)on1. The van der Waals surface area contributed by atoms with Crippen molar-refractivity contribution >= 4 is 23.4 Å². The Kier molecular flexibility index (Phi) is 4.03. The summed E-state index contributed by atoms with van der Waals surface area (Å²) in [5, 5.41) is 3.56. The molecule has 1 amide bonds. The molecule has 1 heterocycles. The van der Waals surface area contributed by atoms with E-state index in [9.17, 15) is 9.18 Å². The normalized spacial score (nSPS) is 10.4. The fraction of sp³-hybridized carbons (Fsp3) is 0.0909. The lowest BCUT2D eigenvalue weighted by Crippen LogP contribution is -2.30. The number of hydrogen-bond acceptors (Lipinski definition) is 6. The molecular formula is C11H11FN4O2S. The van der Waals surface area contributed by atoms with Crippen LogP contribution in [0.3, 0.4) is 0 Å². The van der Waals surface area contributed by atoms with Crippen LogP contribution in [0.5, 0.6) is 0 Å². The van der Waals surface area contributed by atoms with Crippen LogP contribution in [0.1, 0.15) is 16.2 Å². The van der Waals surface area contributed by atoms with Crippen LogP contribution in [-0.4, -0.2) is 11.1 Å². The van der Waals surface area contributed by atoms with Gasteiger partial charge in [-0.25, -0.2) is 10.2 Å². The number of carbonyl (C=O) groups excluding carboxylic acids is 1. The van der Waals surface area contributed by atoms with Crippen molar-refractivity contribution in [1.82, 2.24) is 10.6 Å². The van der Waals surface area contributed by atoms with Gasteiger partial charge in [-0.1, -0.05) is 5.16 Å². The summed E-state index contributed by atoms with van der Waals surface area (Å²) in [5.74, 6) is 4.91. The zero-order valence-electron chi connectivity index (χ0n) is 9.72. The quantitative estimate of drug-likeness (QED) is 0.256. The predicted octanol–water partition coefficient (Wildman–Crippen LogP) is 1.29. The topological polar surface area (TPSA) is 107 Å². The van der Waals surface area contributed by atoms with Gasteiger partial charge >= 0.3 is 0 Å². The molecule has 0 unspecified atom stereocenters. The summed E-state index contributed by atoms with van der Waals surface area (Å²) in [6.45, 7) is 0. The number of rotatable bonds is 4. The number of amides is 1. The summed E-state index contributed by atoms with van der Waals surface area (Å²) < 4.78 is 18.1. The van der Waals surface area contributed by atoms with E-state index < -0.39 is 11.7 Å². The minimum Gasteiger partial charge on any atom is -0.399 e. The smallest absolute Gasteiger partial charge is 0.287 e. The third-order valence-electron chi connectivity index (χ3n) is 2.20. The largest absolute Gasteiger partial charge is 0.399 e. The van der Waals surface area contributed by atoms with Crippen LogP contribution in [0.4, 0.5) is 10.1 Å². The Morgan fingerprint density at radius 1 is 1.42 bits per heavy atom. The average Bonchev–Trinajstić information content (AvgIpc) is 2.83. The minimum absolute atomic E-state index is 0.0943. The molecule has 0 aliphatic heterocycles. The Hall–Kier alpha value is -2.06. The van der Waals surface area contributed by atoms with Gasteiger partial charge in [0.15, 0.2) is 5.69 Å². The van der Waals surface area contributed by atoms with E-state index in [1.807, 2.05) is 5.43 Å². The van der Waals surface area contributed by atoms with E-state index in [4.69, 9.17) is 16.1 Å². The lowest BCUT2D eigenvalue weighted by atomic mass is 10.3. The highest BCUT2D eigenvalue weighted by Gasteiger charge is 2.11. The average molecular weight is 282 g/mol. The van der Waals surface area contributed by atoms with Crippen molar-refractivity contribution in [2.75, 3.05) is 5.73 Å². The van der Waals surface area contributed by atoms with Gasteiger partial charge in [-0.2, -0.15) is 0 Å². The van der Waals surface area contributed by atoms with Gasteiger partial charge in [-0.3, -0.25) is 10.2 Å². The molecule has 1 aromatic carbocycles. The van der Waals surface area contributed by atoms with Gasteiger partial charge in [0, 0.05) is 16.6 Å². The molecule has 2 aromatic rings. The molecule has 0 bridgehead atoms. The zero-order chi connectivity index (χ0) is 13.8. The summed E-state index contributed by atoms with van der Waals surface area (Å²) in [6.07, 6.45) is 0. The van der Waals surface area contributed by atoms with E-state index in [1.165, 1.54) is 30.0 Å². The Morgan fingerprint density at radius 2 is 2.21 bits per heavy atom. The number of hydrazine groups is 1. The van der Waals surface area contributed by atoms with E-state index in [0.29, 0.717) is 22.1 Å². The number of nitrogens with zero attached hydrogens (tertiary/aromatic N) is 1. The number of nitrogen functional groups attached to an aromatic ring is 2. The molecule has 0 aliphatic carbocycles. The number of halogens is 1. The second kappa shape index (κ2) is 5.72. The fourth-order valence-corrected chi connectivity index (χ4v) is 2.24. The molecule has 100 valence electrons. The van der Waals surface area contributed by atoms with Crippen LogP contribution in [-0.2, 0) is 5.75 Å². The fourth-order valence-electron chi connectivity index (χ4n) is 1.38. The first-order valence-electron chi connectivity index (χ1n) is 5.24. The first kappa shape index (κ1) is 13.4. The maximum atomic E-state index is 13.1. The maximum Gasteiger partial charge on any atom is 0.287 e. The van der Waals surface area contributed by atoms with Gasteiger partial charge < -0.3 is 10.3 Å². The van der Waals surface area contributed by atoms with Crippen LogP contribution in [0.25, 0.3) is 0 Å². The monoisotopic (exact) mass is 282 g/mol. The van der Waals surface area contributed by atoms with Crippen molar-refractivity contribution in [3.05, 3.63) is 41.5 Å². The first-order valence-corrected chi connectivity index (χ1v) is 6.22. The number of hydrogen-bond donors (Lipinski definition) is 3. The first-order chi connectivity index (χ1) is 9.08. The minimum atomic E-state index is -0.532. The van der Waals surface area contributed by atoms with Gasteiger partial charge in [0.05, 0.1) is 5.75 Å². The molecule has 0 saturated carbocycles. The Labute approximate surface area is 112 Å². The van der Waals surface area contributed by atoms with Crippen LogP contribution in [0.2, 0.25) is 0 Å². The molecule has 5 N–H and O–H groups in total. The lowest BCUT2D eigenvalue weighted by Gasteiger charge is -2.01. The molecule has 6 nitrogen and oxygen atoms in total. The van der Waals surface area contributed by atoms with Crippen molar-refractivity contribution in [2.45, 2.75) is 10.6 Å². The second-order valence-corrected chi connectivity index (χ2v) is 4.71. The Morgan fingerprint density at radius 3 is 2.89 bits per heavy atom. The molecule has 0 fully saturated rings. The molecule has 0 saturated heterocycles. The van der Waals surface area contributed by atoms with Crippen molar-refractivity contribution in [3.63, 3.8) is 0 Å². The van der Waals surface area contributed by atoms with E-state index in [0.717, 1.165) is 0 Å². The standard InChI is InChI=1S/C11H11FN4O2S/c12-6-1-7(13)3-9(2-6)19-5-8-4-10(16-18-8)11(17)15-14/h1-4H,5,13-14H2,(H,15,17). The highest BCUT2D eigenvalue weighted by molar-refractivity contribution is 7.98. The molecule has 0 spiro atoms. The number of aromatic nitrogens is 1. The highest BCUT2D eigenvalue weighted by atomic mass is 32.2.